The Morgan fingerprint density at radius 2 is 1.82 bits per heavy atom. The van der Waals surface area contributed by atoms with Gasteiger partial charge >= 0.3 is 5.97 Å². The van der Waals surface area contributed by atoms with E-state index in [0.717, 1.165) is 16.5 Å². The molecule has 0 amide bonds. The molecule has 2 aromatic carbocycles. The van der Waals surface area contributed by atoms with Crippen LogP contribution < -0.4 is 4.90 Å². The van der Waals surface area contributed by atoms with Crippen molar-refractivity contribution in [3.63, 3.8) is 0 Å². The van der Waals surface area contributed by atoms with Crippen LogP contribution in [-0.4, -0.2) is 24.2 Å². The van der Waals surface area contributed by atoms with E-state index in [1.54, 1.807) is 18.9 Å². The van der Waals surface area contributed by atoms with Gasteiger partial charge in [-0.3, -0.25) is 0 Å². The Morgan fingerprint density at radius 1 is 1.18 bits per heavy atom. The van der Waals surface area contributed by atoms with Gasteiger partial charge in [0, 0.05) is 12.7 Å². The molecule has 0 spiro atoms. The third kappa shape index (κ3) is 2.23. The molecule has 0 radical (unpaired) electrons. The van der Waals surface area contributed by atoms with Crippen LogP contribution in [0.15, 0.2) is 42.5 Å². The third-order valence-corrected chi connectivity index (χ3v) is 3.08. The first-order valence-corrected chi connectivity index (χ1v) is 5.54. The van der Waals surface area contributed by atoms with Crippen molar-refractivity contribution in [1.29, 1.82) is 0 Å². The lowest BCUT2D eigenvalue weighted by Crippen LogP contribution is -2.35. The van der Waals surface area contributed by atoms with Crippen LogP contribution in [-0.2, 0) is 4.79 Å². The van der Waals surface area contributed by atoms with E-state index in [1.807, 2.05) is 42.5 Å². The smallest absolute Gasteiger partial charge is 0.326 e. The first-order valence-electron chi connectivity index (χ1n) is 5.54. The Morgan fingerprint density at radius 3 is 2.47 bits per heavy atom. The maximum atomic E-state index is 10.9. The van der Waals surface area contributed by atoms with E-state index >= 15 is 0 Å². The molecule has 3 nitrogen and oxygen atoms in total. The number of aliphatic carboxylic acids is 1. The number of carboxylic acids is 1. The predicted molar refractivity (Wildman–Crippen MR) is 69.4 cm³/mol. The quantitative estimate of drug-likeness (QED) is 0.879. The van der Waals surface area contributed by atoms with E-state index < -0.39 is 12.0 Å². The number of hydrogen-bond donors (Lipinski definition) is 1. The number of likely N-dealkylation sites (N-methyl/N-ethyl adjacent to an activating group) is 1. The molecule has 0 aliphatic rings. The molecule has 1 atom stereocenters. The van der Waals surface area contributed by atoms with Gasteiger partial charge in [0.1, 0.15) is 6.04 Å². The van der Waals surface area contributed by atoms with Gasteiger partial charge in [-0.1, -0.05) is 30.3 Å². The molecule has 0 aromatic heterocycles. The molecule has 0 heterocycles. The summed E-state index contributed by atoms with van der Waals surface area (Å²) in [6.45, 7) is 1.68. The Bertz CT molecular complexity index is 551. The van der Waals surface area contributed by atoms with Crippen LogP contribution >= 0.6 is 0 Å². The molecular weight excluding hydrogens is 214 g/mol. The van der Waals surface area contributed by atoms with Crippen molar-refractivity contribution in [2.45, 2.75) is 13.0 Å². The monoisotopic (exact) mass is 229 g/mol. The number of anilines is 1. The Balaban J connectivity index is 2.39. The first kappa shape index (κ1) is 11.5. The zero-order valence-corrected chi connectivity index (χ0v) is 9.92. The molecule has 0 saturated carbocycles. The van der Waals surface area contributed by atoms with Gasteiger partial charge in [-0.15, -0.1) is 0 Å². The minimum atomic E-state index is -0.819. The Kier molecular flexibility index (Phi) is 3.00. The standard InChI is InChI=1S/C14H15NO2/c1-10(14(16)17)15(2)13-8-7-11-5-3-4-6-12(11)9-13/h3-10H,1-2H3,(H,16,17). The zero-order chi connectivity index (χ0) is 12.4. The van der Waals surface area contributed by atoms with Crippen molar-refractivity contribution in [2.24, 2.45) is 0 Å². The van der Waals surface area contributed by atoms with Crippen molar-refractivity contribution in [3.05, 3.63) is 42.5 Å². The second-order valence-electron chi connectivity index (χ2n) is 4.16. The number of carboxylic acid groups (broad SMARTS) is 1. The fourth-order valence-corrected chi connectivity index (χ4v) is 1.79. The molecule has 0 bridgehead atoms. The normalized spacial score (nSPS) is 12.4. The molecule has 0 fully saturated rings. The average molecular weight is 229 g/mol. The van der Waals surface area contributed by atoms with E-state index in [2.05, 4.69) is 0 Å². The van der Waals surface area contributed by atoms with E-state index in [1.165, 1.54) is 0 Å². The van der Waals surface area contributed by atoms with E-state index in [0.29, 0.717) is 0 Å². The van der Waals surface area contributed by atoms with Gasteiger partial charge < -0.3 is 10.0 Å². The third-order valence-electron chi connectivity index (χ3n) is 3.08. The van der Waals surface area contributed by atoms with Gasteiger partial charge in [-0.05, 0) is 29.8 Å². The highest BCUT2D eigenvalue weighted by atomic mass is 16.4. The number of fused-ring (bicyclic) bond motifs is 1. The van der Waals surface area contributed by atoms with Crippen LogP contribution in [0.5, 0.6) is 0 Å². The fraction of sp³-hybridized carbons (Fsp3) is 0.214. The van der Waals surface area contributed by atoms with Gasteiger partial charge in [0.15, 0.2) is 0 Å². The van der Waals surface area contributed by atoms with Crippen LogP contribution in [0.4, 0.5) is 5.69 Å². The van der Waals surface area contributed by atoms with E-state index in [-0.39, 0.29) is 0 Å². The Hall–Kier alpha value is -2.03. The van der Waals surface area contributed by atoms with Crippen LogP contribution in [0.3, 0.4) is 0 Å². The fourth-order valence-electron chi connectivity index (χ4n) is 1.79. The van der Waals surface area contributed by atoms with Gasteiger partial charge in [0.25, 0.3) is 0 Å². The van der Waals surface area contributed by atoms with Crippen molar-refractivity contribution in [1.82, 2.24) is 0 Å². The summed E-state index contributed by atoms with van der Waals surface area (Å²) in [5.74, 6) is -0.819. The summed E-state index contributed by atoms with van der Waals surface area (Å²) < 4.78 is 0. The zero-order valence-electron chi connectivity index (χ0n) is 9.92. The minimum Gasteiger partial charge on any atom is -0.480 e. The van der Waals surface area contributed by atoms with Gasteiger partial charge in [0.2, 0.25) is 0 Å². The molecule has 0 saturated heterocycles. The lowest BCUT2D eigenvalue weighted by Gasteiger charge is -2.23. The summed E-state index contributed by atoms with van der Waals surface area (Å²) in [7, 11) is 1.79. The largest absolute Gasteiger partial charge is 0.480 e. The molecule has 17 heavy (non-hydrogen) atoms. The summed E-state index contributed by atoms with van der Waals surface area (Å²) in [5, 5.41) is 11.3. The maximum absolute atomic E-state index is 10.9. The number of benzene rings is 2. The van der Waals surface area contributed by atoms with Crippen molar-refractivity contribution < 1.29 is 9.90 Å². The van der Waals surface area contributed by atoms with Crippen LogP contribution in [0.2, 0.25) is 0 Å². The molecule has 3 heteroatoms. The van der Waals surface area contributed by atoms with Gasteiger partial charge in [0.05, 0.1) is 0 Å². The molecule has 1 unspecified atom stereocenters. The SMILES string of the molecule is CC(C(=O)O)N(C)c1ccc2ccccc2c1. The first-order chi connectivity index (χ1) is 8.09. The molecule has 1 N–H and O–H groups in total. The molecular formula is C14H15NO2. The number of carbonyl (C=O) groups is 1. The minimum absolute atomic E-state index is 0.531. The Labute approximate surface area is 100 Å². The van der Waals surface area contributed by atoms with Gasteiger partial charge in [-0.2, -0.15) is 0 Å². The van der Waals surface area contributed by atoms with Crippen LogP contribution in [0, 0.1) is 0 Å². The maximum Gasteiger partial charge on any atom is 0.326 e. The number of nitrogens with zero attached hydrogens (tertiary/aromatic N) is 1. The summed E-state index contributed by atoms with van der Waals surface area (Å²) in [4.78, 5) is 12.7. The van der Waals surface area contributed by atoms with Crippen molar-refractivity contribution >= 4 is 22.4 Å². The second-order valence-corrected chi connectivity index (χ2v) is 4.16. The lowest BCUT2D eigenvalue weighted by atomic mass is 10.1. The molecule has 0 aliphatic heterocycles. The highest BCUT2D eigenvalue weighted by Crippen LogP contribution is 2.22. The summed E-state index contributed by atoms with van der Waals surface area (Å²) in [6.07, 6.45) is 0. The molecule has 2 aromatic rings. The van der Waals surface area contributed by atoms with Gasteiger partial charge in [-0.25, -0.2) is 4.79 Å². The summed E-state index contributed by atoms with van der Waals surface area (Å²) >= 11 is 0. The van der Waals surface area contributed by atoms with E-state index in [4.69, 9.17) is 5.11 Å². The lowest BCUT2D eigenvalue weighted by molar-refractivity contribution is -0.138. The predicted octanol–water partition coefficient (Wildman–Crippen LogP) is 2.75. The summed E-state index contributed by atoms with van der Waals surface area (Å²) in [5.41, 5.74) is 0.915. The number of hydrogen-bond acceptors (Lipinski definition) is 2. The molecule has 0 aliphatic carbocycles. The van der Waals surface area contributed by atoms with E-state index in [9.17, 15) is 4.79 Å². The molecule has 2 rings (SSSR count). The highest BCUT2D eigenvalue weighted by molar-refractivity contribution is 5.87. The second kappa shape index (κ2) is 4.45. The highest BCUT2D eigenvalue weighted by Gasteiger charge is 2.16. The number of rotatable bonds is 3. The van der Waals surface area contributed by atoms with Crippen molar-refractivity contribution in [2.75, 3.05) is 11.9 Å². The topological polar surface area (TPSA) is 40.5 Å². The van der Waals surface area contributed by atoms with Crippen molar-refractivity contribution in [3.8, 4) is 0 Å². The average Bonchev–Trinajstić information content (AvgIpc) is 2.36. The van der Waals surface area contributed by atoms with Crippen LogP contribution in [0.25, 0.3) is 10.8 Å². The summed E-state index contributed by atoms with van der Waals surface area (Å²) in [6, 6.07) is 13.5. The molecule has 88 valence electrons. The van der Waals surface area contributed by atoms with Crippen LogP contribution in [0.1, 0.15) is 6.92 Å².